The summed E-state index contributed by atoms with van der Waals surface area (Å²) in [6, 6.07) is 4.66. The smallest absolute Gasteiger partial charge is 0.410 e. The van der Waals surface area contributed by atoms with Gasteiger partial charge in [0.25, 0.3) is 0 Å². The molecule has 1 amide bonds. The van der Waals surface area contributed by atoms with Crippen LogP contribution in [0, 0.1) is 11.3 Å². The van der Waals surface area contributed by atoms with E-state index in [1.165, 1.54) is 0 Å². The van der Waals surface area contributed by atoms with E-state index in [1.54, 1.807) is 11.1 Å². The average Bonchev–Trinajstić information content (AvgIpc) is 2.85. The SMILES string of the molecule is CN(C(=O)OC(C)(C)C)C1CCC2CCC1N2c1ncc(Br)cc1C#N. The van der Waals surface area contributed by atoms with E-state index in [4.69, 9.17) is 4.74 Å². The van der Waals surface area contributed by atoms with Gasteiger partial charge in [0.05, 0.1) is 17.6 Å². The number of hydrogen-bond acceptors (Lipinski definition) is 5. The summed E-state index contributed by atoms with van der Waals surface area (Å²) in [4.78, 5) is 21.1. The number of nitrogens with zero attached hydrogens (tertiary/aromatic N) is 4. The number of carbonyl (C=O) groups excluding carboxylic acids is 1. The second-order valence-corrected chi connectivity index (χ2v) is 8.99. The number of pyridine rings is 1. The zero-order valence-electron chi connectivity index (χ0n) is 15.7. The summed E-state index contributed by atoms with van der Waals surface area (Å²) in [7, 11) is 1.82. The molecule has 1 aromatic heterocycles. The number of halogens is 1. The first kappa shape index (κ1) is 19.0. The monoisotopic (exact) mass is 420 g/mol. The summed E-state index contributed by atoms with van der Waals surface area (Å²) >= 11 is 3.39. The number of anilines is 1. The van der Waals surface area contributed by atoms with Gasteiger partial charge in [0.2, 0.25) is 0 Å². The summed E-state index contributed by atoms with van der Waals surface area (Å²) in [5.74, 6) is 0.727. The van der Waals surface area contributed by atoms with Crippen molar-refractivity contribution >= 4 is 27.8 Å². The number of carbonyl (C=O) groups is 1. The van der Waals surface area contributed by atoms with Crippen molar-refractivity contribution in [1.29, 1.82) is 5.26 Å². The molecule has 3 rings (SSSR count). The predicted octanol–water partition coefficient (Wildman–Crippen LogP) is 4.08. The Balaban J connectivity index is 1.87. The average molecular weight is 421 g/mol. The highest BCUT2D eigenvalue weighted by Gasteiger charge is 2.46. The topological polar surface area (TPSA) is 69.5 Å². The molecule has 2 aliphatic rings. The summed E-state index contributed by atoms with van der Waals surface area (Å²) in [5, 5.41) is 9.54. The van der Waals surface area contributed by atoms with Crippen molar-refractivity contribution < 1.29 is 9.53 Å². The number of fused-ring (bicyclic) bond motifs is 2. The number of amides is 1. The lowest BCUT2D eigenvalue weighted by Crippen LogP contribution is -2.56. The van der Waals surface area contributed by atoms with E-state index in [-0.39, 0.29) is 18.2 Å². The molecule has 2 saturated heterocycles. The Labute approximate surface area is 163 Å². The standard InChI is InChI=1S/C19H25BrN4O2/c1-19(2,3)26-18(25)23(4)15-7-5-14-6-8-16(15)24(14)17-12(10-21)9-13(20)11-22-17/h9,11,14-16H,5-8H2,1-4H3. The van der Waals surface area contributed by atoms with Crippen molar-refractivity contribution in [2.24, 2.45) is 0 Å². The minimum Gasteiger partial charge on any atom is -0.444 e. The van der Waals surface area contributed by atoms with Gasteiger partial charge in [0, 0.05) is 23.8 Å². The lowest BCUT2D eigenvalue weighted by Gasteiger charge is -2.44. The van der Waals surface area contributed by atoms with Crippen LogP contribution < -0.4 is 4.90 Å². The fourth-order valence-corrected chi connectivity index (χ4v) is 4.43. The van der Waals surface area contributed by atoms with Crippen molar-refractivity contribution in [2.75, 3.05) is 11.9 Å². The van der Waals surface area contributed by atoms with Crippen LogP contribution in [0.1, 0.15) is 52.0 Å². The second kappa shape index (κ2) is 7.07. The van der Waals surface area contributed by atoms with Gasteiger partial charge >= 0.3 is 6.09 Å². The summed E-state index contributed by atoms with van der Waals surface area (Å²) in [6.45, 7) is 5.63. The van der Waals surface area contributed by atoms with E-state index >= 15 is 0 Å². The van der Waals surface area contributed by atoms with Gasteiger partial charge in [0.15, 0.2) is 0 Å². The van der Waals surface area contributed by atoms with Gasteiger partial charge in [-0.25, -0.2) is 9.78 Å². The highest BCUT2D eigenvalue weighted by Crippen LogP contribution is 2.41. The van der Waals surface area contributed by atoms with Crippen LogP contribution in [0.15, 0.2) is 16.7 Å². The van der Waals surface area contributed by atoms with E-state index in [1.807, 2.05) is 33.9 Å². The maximum absolute atomic E-state index is 12.6. The summed E-state index contributed by atoms with van der Waals surface area (Å²) in [6.07, 6.45) is 5.42. The molecule has 3 unspecified atom stereocenters. The van der Waals surface area contributed by atoms with E-state index in [2.05, 4.69) is 31.9 Å². The van der Waals surface area contributed by atoms with E-state index in [0.717, 1.165) is 36.0 Å². The molecule has 0 aromatic carbocycles. The third-order valence-corrected chi connectivity index (χ3v) is 5.60. The van der Waals surface area contributed by atoms with Gasteiger partial charge in [0.1, 0.15) is 17.5 Å². The summed E-state index contributed by atoms with van der Waals surface area (Å²) in [5.41, 5.74) is 0.0518. The first-order chi connectivity index (χ1) is 12.2. The number of aromatic nitrogens is 1. The highest BCUT2D eigenvalue weighted by atomic mass is 79.9. The van der Waals surface area contributed by atoms with Gasteiger partial charge in [-0.1, -0.05) is 0 Å². The first-order valence-corrected chi connectivity index (χ1v) is 9.80. The maximum atomic E-state index is 12.6. The molecule has 0 spiro atoms. The van der Waals surface area contributed by atoms with Crippen molar-refractivity contribution in [2.45, 2.75) is 70.2 Å². The molecule has 0 saturated carbocycles. The molecule has 3 atom stereocenters. The molecule has 26 heavy (non-hydrogen) atoms. The molecular formula is C19H25BrN4O2. The Morgan fingerprint density at radius 2 is 2.08 bits per heavy atom. The van der Waals surface area contributed by atoms with Gasteiger partial charge < -0.3 is 14.5 Å². The van der Waals surface area contributed by atoms with Gasteiger partial charge in [-0.2, -0.15) is 5.26 Å². The molecule has 2 fully saturated rings. The van der Waals surface area contributed by atoms with Crippen LogP contribution >= 0.6 is 15.9 Å². The maximum Gasteiger partial charge on any atom is 0.410 e. The van der Waals surface area contributed by atoms with Crippen LogP contribution in [0.25, 0.3) is 0 Å². The fraction of sp³-hybridized carbons (Fsp3) is 0.632. The third-order valence-electron chi connectivity index (χ3n) is 5.16. The van der Waals surface area contributed by atoms with Gasteiger partial charge in [-0.3, -0.25) is 0 Å². The normalized spacial score (nSPS) is 24.9. The molecule has 140 valence electrons. The molecular weight excluding hydrogens is 396 g/mol. The largest absolute Gasteiger partial charge is 0.444 e. The number of rotatable bonds is 2. The Bertz CT molecular complexity index is 740. The van der Waals surface area contributed by atoms with E-state index in [9.17, 15) is 10.1 Å². The molecule has 0 aliphatic carbocycles. The van der Waals surface area contributed by atoms with Crippen molar-refractivity contribution in [3.63, 3.8) is 0 Å². The highest BCUT2D eigenvalue weighted by molar-refractivity contribution is 9.10. The second-order valence-electron chi connectivity index (χ2n) is 8.08. The Kier molecular flexibility index (Phi) is 5.16. The quantitative estimate of drug-likeness (QED) is 0.720. The molecule has 3 heterocycles. The van der Waals surface area contributed by atoms with E-state index in [0.29, 0.717) is 11.6 Å². The molecule has 2 bridgehead atoms. The first-order valence-electron chi connectivity index (χ1n) is 9.01. The van der Waals surface area contributed by atoms with Gasteiger partial charge in [-0.15, -0.1) is 0 Å². The molecule has 7 heteroatoms. The number of piperidine rings is 1. The van der Waals surface area contributed by atoms with E-state index < -0.39 is 5.60 Å². The predicted molar refractivity (Wildman–Crippen MR) is 103 cm³/mol. The lowest BCUT2D eigenvalue weighted by molar-refractivity contribution is 0.0177. The van der Waals surface area contributed by atoms with Crippen LogP contribution in [0.2, 0.25) is 0 Å². The minimum atomic E-state index is -0.515. The number of ether oxygens (including phenoxy) is 1. The van der Waals surface area contributed by atoms with Crippen LogP contribution in [-0.2, 0) is 4.74 Å². The van der Waals surface area contributed by atoms with Crippen molar-refractivity contribution in [3.05, 3.63) is 22.3 Å². The molecule has 2 aliphatic heterocycles. The van der Waals surface area contributed by atoms with Crippen LogP contribution in [0.4, 0.5) is 10.6 Å². The van der Waals surface area contributed by atoms with Crippen LogP contribution in [-0.4, -0.2) is 46.8 Å². The number of nitriles is 1. The fourth-order valence-electron chi connectivity index (χ4n) is 4.10. The molecule has 0 N–H and O–H groups in total. The zero-order valence-corrected chi connectivity index (χ0v) is 17.3. The lowest BCUT2D eigenvalue weighted by atomic mass is 9.95. The van der Waals surface area contributed by atoms with Crippen LogP contribution in [0.5, 0.6) is 0 Å². The van der Waals surface area contributed by atoms with Crippen LogP contribution in [0.3, 0.4) is 0 Å². The Hall–Kier alpha value is -1.81. The Morgan fingerprint density at radius 1 is 1.38 bits per heavy atom. The number of hydrogen-bond donors (Lipinski definition) is 0. The number of likely N-dealkylation sites (N-methyl/N-ethyl adjacent to an activating group) is 1. The van der Waals surface area contributed by atoms with Crippen molar-refractivity contribution in [1.82, 2.24) is 9.88 Å². The third kappa shape index (κ3) is 3.66. The van der Waals surface area contributed by atoms with Crippen molar-refractivity contribution in [3.8, 4) is 6.07 Å². The molecule has 1 aromatic rings. The minimum absolute atomic E-state index is 0.0561. The molecule has 6 nitrogen and oxygen atoms in total. The Morgan fingerprint density at radius 3 is 2.73 bits per heavy atom. The van der Waals surface area contributed by atoms with Gasteiger partial charge in [-0.05, 0) is 68.5 Å². The summed E-state index contributed by atoms with van der Waals surface area (Å²) < 4.78 is 6.35. The zero-order chi connectivity index (χ0) is 19.1. The molecule has 0 radical (unpaired) electrons.